The van der Waals surface area contributed by atoms with Crippen LogP contribution in [0.15, 0.2) is 22.8 Å². The molecule has 1 aliphatic rings. The molecule has 0 N–H and O–H groups in total. The summed E-state index contributed by atoms with van der Waals surface area (Å²) < 4.78 is 32.3. The zero-order valence-corrected chi connectivity index (χ0v) is 10.7. The summed E-state index contributed by atoms with van der Waals surface area (Å²) in [6.45, 7) is 1.78. The lowest BCUT2D eigenvalue weighted by atomic mass is 10.4. The first kappa shape index (κ1) is 13.1. The Kier molecular flexibility index (Phi) is 4.03. The van der Waals surface area contributed by atoms with Crippen molar-refractivity contribution in [3.8, 4) is 0 Å². The molecule has 1 aromatic heterocycles. The maximum absolute atomic E-state index is 11.4. The van der Waals surface area contributed by atoms with Gasteiger partial charge in [0.2, 0.25) is 5.76 Å². The van der Waals surface area contributed by atoms with Gasteiger partial charge in [-0.2, -0.15) is 0 Å². The average molecular weight is 273 g/mol. The Morgan fingerprint density at radius 1 is 1.39 bits per heavy atom. The fraction of sp³-hybridized carbons (Fsp3) is 0.545. The zero-order valence-electron chi connectivity index (χ0n) is 9.87. The number of nitrogens with zero attached hydrogens (tertiary/aromatic N) is 1. The van der Waals surface area contributed by atoms with Gasteiger partial charge in [-0.3, -0.25) is 4.90 Å². The second kappa shape index (κ2) is 5.53. The van der Waals surface area contributed by atoms with Crippen LogP contribution in [0.25, 0.3) is 0 Å². The molecule has 0 saturated carbocycles. The largest absolute Gasteiger partial charge is 0.458 e. The first-order chi connectivity index (χ1) is 8.57. The van der Waals surface area contributed by atoms with Gasteiger partial charge in [0.1, 0.15) is 6.61 Å². The quantitative estimate of drug-likeness (QED) is 0.728. The van der Waals surface area contributed by atoms with Gasteiger partial charge in [0.25, 0.3) is 0 Å². The van der Waals surface area contributed by atoms with Crippen molar-refractivity contribution < 1.29 is 22.4 Å². The van der Waals surface area contributed by atoms with Gasteiger partial charge in [0.15, 0.2) is 9.84 Å². The van der Waals surface area contributed by atoms with Crippen LogP contribution in [-0.4, -0.2) is 57.0 Å². The van der Waals surface area contributed by atoms with E-state index in [1.54, 1.807) is 6.07 Å². The molecule has 7 heteroatoms. The average Bonchev–Trinajstić information content (AvgIpc) is 2.85. The van der Waals surface area contributed by atoms with Crippen molar-refractivity contribution >= 4 is 15.8 Å². The van der Waals surface area contributed by atoms with Crippen LogP contribution in [0.1, 0.15) is 10.6 Å². The van der Waals surface area contributed by atoms with Crippen LogP contribution in [0, 0.1) is 0 Å². The molecule has 100 valence electrons. The molecule has 1 aromatic rings. The molecular weight excluding hydrogens is 258 g/mol. The minimum Gasteiger partial charge on any atom is -0.458 e. The maximum Gasteiger partial charge on any atom is 0.374 e. The molecule has 0 spiro atoms. The molecule has 0 amide bonds. The fourth-order valence-electron chi connectivity index (χ4n) is 1.71. The van der Waals surface area contributed by atoms with Crippen molar-refractivity contribution in [3.63, 3.8) is 0 Å². The Morgan fingerprint density at radius 2 is 2.11 bits per heavy atom. The van der Waals surface area contributed by atoms with Crippen LogP contribution >= 0.6 is 0 Å². The lowest BCUT2D eigenvalue weighted by molar-refractivity contribution is 0.0430. The Morgan fingerprint density at radius 3 is 2.72 bits per heavy atom. The minimum absolute atomic E-state index is 0.177. The summed E-state index contributed by atoms with van der Waals surface area (Å²) in [5.74, 6) is 0.0407. The summed E-state index contributed by atoms with van der Waals surface area (Å²) in [6.07, 6.45) is 1.41. The summed E-state index contributed by atoms with van der Waals surface area (Å²) in [4.78, 5) is 13.4. The van der Waals surface area contributed by atoms with Crippen LogP contribution in [0.4, 0.5) is 0 Å². The molecule has 0 radical (unpaired) electrons. The standard InChI is InChI=1S/C11H15NO5S/c13-11(10-2-1-6-16-10)17-7-3-12-4-8-18(14,15)9-5-12/h1-2,6H,3-5,7-9H2. The van der Waals surface area contributed by atoms with Gasteiger partial charge in [0, 0.05) is 19.6 Å². The van der Waals surface area contributed by atoms with Gasteiger partial charge in [0.05, 0.1) is 17.8 Å². The van der Waals surface area contributed by atoms with Gasteiger partial charge in [-0.25, -0.2) is 13.2 Å². The molecule has 1 saturated heterocycles. The third-order valence-corrected chi connectivity index (χ3v) is 4.41. The summed E-state index contributed by atoms with van der Waals surface area (Å²) in [6, 6.07) is 3.15. The molecule has 1 aliphatic heterocycles. The molecule has 0 atom stereocenters. The molecule has 1 fully saturated rings. The van der Waals surface area contributed by atoms with Crippen LogP contribution in [0.2, 0.25) is 0 Å². The molecule has 2 rings (SSSR count). The number of sulfone groups is 1. The molecule has 6 nitrogen and oxygen atoms in total. The van der Waals surface area contributed by atoms with E-state index in [9.17, 15) is 13.2 Å². The first-order valence-electron chi connectivity index (χ1n) is 5.70. The smallest absolute Gasteiger partial charge is 0.374 e. The molecule has 0 bridgehead atoms. The highest BCUT2D eigenvalue weighted by molar-refractivity contribution is 7.91. The number of furan rings is 1. The van der Waals surface area contributed by atoms with E-state index in [2.05, 4.69) is 0 Å². The van der Waals surface area contributed by atoms with E-state index in [4.69, 9.17) is 9.15 Å². The Bertz CT molecular complexity index is 480. The zero-order chi connectivity index (χ0) is 13.0. The summed E-state index contributed by atoms with van der Waals surface area (Å²) in [5.41, 5.74) is 0. The van der Waals surface area contributed by atoms with Crippen LogP contribution in [0.3, 0.4) is 0 Å². The molecule has 0 unspecified atom stereocenters. The second-order valence-corrected chi connectivity index (χ2v) is 6.41. The summed E-state index contributed by atoms with van der Waals surface area (Å²) in [5, 5.41) is 0. The van der Waals surface area contributed by atoms with Crippen LogP contribution in [0.5, 0.6) is 0 Å². The normalized spacial score (nSPS) is 19.6. The number of rotatable bonds is 4. The topological polar surface area (TPSA) is 76.8 Å². The van der Waals surface area contributed by atoms with Crippen molar-refractivity contribution in [1.29, 1.82) is 0 Å². The number of carbonyl (C=O) groups excluding carboxylic acids is 1. The number of carbonyl (C=O) groups is 1. The van der Waals surface area contributed by atoms with E-state index in [0.29, 0.717) is 19.6 Å². The van der Waals surface area contributed by atoms with Crippen LogP contribution in [-0.2, 0) is 14.6 Å². The van der Waals surface area contributed by atoms with Crippen molar-refractivity contribution in [2.24, 2.45) is 0 Å². The highest BCUT2D eigenvalue weighted by Gasteiger charge is 2.21. The van der Waals surface area contributed by atoms with Crippen molar-refractivity contribution in [2.75, 3.05) is 37.7 Å². The van der Waals surface area contributed by atoms with Crippen molar-refractivity contribution in [2.45, 2.75) is 0 Å². The molecule has 0 aromatic carbocycles. The van der Waals surface area contributed by atoms with E-state index in [0.717, 1.165) is 0 Å². The third-order valence-electron chi connectivity index (χ3n) is 2.80. The minimum atomic E-state index is -2.86. The van der Waals surface area contributed by atoms with Gasteiger partial charge in [-0.15, -0.1) is 0 Å². The predicted molar refractivity (Wildman–Crippen MR) is 64.1 cm³/mol. The second-order valence-electron chi connectivity index (χ2n) is 4.11. The maximum atomic E-state index is 11.4. The molecule has 18 heavy (non-hydrogen) atoms. The van der Waals surface area contributed by atoms with E-state index >= 15 is 0 Å². The number of esters is 1. The lowest BCUT2D eigenvalue weighted by Gasteiger charge is -2.25. The van der Waals surface area contributed by atoms with Crippen molar-refractivity contribution in [1.82, 2.24) is 4.90 Å². The summed E-state index contributed by atoms with van der Waals surface area (Å²) in [7, 11) is -2.86. The van der Waals surface area contributed by atoms with E-state index in [1.807, 2.05) is 4.90 Å². The van der Waals surface area contributed by atoms with Gasteiger partial charge in [-0.1, -0.05) is 0 Å². The SMILES string of the molecule is O=C(OCCN1CCS(=O)(=O)CC1)c1ccco1. The lowest BCUT2D eigenvalue weighted by Crippen LogP contribution is -2.41. The molecule has 2 heterocycles. The summed E-state index contributed by atoms with van der Waals surface area (Å²) >= 11 is 0. The van der Waals surface area contributed by atoms with Gasteiger partial charge in [-0.05, 0) is 12.1 Å². The number of hydrogen-bond acceptors (Lipinski definition) is 6. The Labute approximate surface area is 105 Å². The van der Waals surface area contributed by atoms with Gasteiger partial charge < -0.3 is 9.15 Å². The third kappa shape index (κ3) is 3.58. The molecular formula is C11H15NO5S. The number of ether oxygens (including phenoxy) is 1. The highest BCUT2D eigenvalue weighted by Crippen LogP contribution is 2.05. The van der Waals surface area contributed by atoms with E-state index in [-0.39, 0.29) is 23.9 Å². The van der Waals surface area contributed by atoms with Crippen molar-refractivity contribution in [3.05, 3.63) is 24.2 Å². The van der Waals surface area contributed by atoms with E-state index < -0.39 is 15.8 Å². The fourth-order valence-corrected chi connectivity index (χ4v) is 2.98. The highest BCUT2D eigenvalue weighted by atomic mass is 32.2. The number of hydrogen-bond donors (Lipinski definition) is 0. The Hall–Kier alpha value is -1.34. The van der Waals surface area contributed by atoms with Gasteiger partial charge >= 0.3 is 5.97 Å². The Balaban J connectivity index is 1.69. The first-order valence-corrected chi connectivity index (χ1v) is 7.52. The van der Waals surface area contributed by atoms with E-state index in [1.165, 1.54) is 12.3 Å². The van der Waals surface area contributed by atoms with Crippen LogP contribution < -0.4 is 0 Å². The monoisotopic (exact) mass is 273 g/mol. The predicted octanol–water partition coefficient (Wildman–Crippen LogP) is 0.167. The molecule has 0 aliphatic carbocycles.